The molecule has 0 saturated carbocycles. The molecule has 28 heavy (non-hydrogen) atoms. The first-order valence-corrected chi connectivity index (χ1v) is 9.69. The first-order valence-electron chi connectivity index (χ1n) is 9.69. The number of rotatable bonds is 6. The predicted octanol–water partition coefficient (Wildman–Crippen LogP) is 4.03. The number of aliphatic hydroxyl groups is 1. The van der Waals surface area contributed by atoms with Gasteiger partial charge >= 0.3 is 0 Å². The molecule has 1 unspecified atom stereocenters. The molecule has 1 aliphatic rings. The van der Waals surface area contributed by atoms with Gasteiger partial charge < -0.3 is 14.3 Å². The number of carbonyl (C=O) groups excluding carboxylic acids is 1. The molecule has 1 aromatic heterocycles. The van der Waals surface area contributed by atoms with Gasteiger partial charge in [-0.25, -0.2) is 0 Å². The van der Waals surface area contributed by atoms with Gasteiger partial charge in [-0.3, -0.25) is 9.69 Å². The molecule has 0 aliphatic carbocycles. The van der Waals surface area contributed by atoms with Gasteiger partial charge in [-0.2, -0.15) is 0 Å². The second-order valence-corrected chi connectivity index (χ2v) is 7.39. The van der Waals surface area contributed by atoms with E-state index in [1.165, 1.54) is 0 Å². The number of aliphatic hydroxyl groups excluding tert-OH is 1. The van der Waals surface area contributed by atoms with Crippen LogP contribution in [0.1, 0.15) is 34.7 Å². The number of likely N-dealkylation sites (tertiary alicyclic amines) is 1. The molecule has 0 spiro atoms. The highest BCUT2D eigenvalue weighted by atomic mass is 16.5. The molecule has 1 fully saturated rings. The van der Waals surface area contributed by atoms with Crippen molar-refractivity contribution in [2.45, 2.75) is 26.0 Å². The Bertz CT molecular complexity index is 978. The number of nitrogens with zero attached hydrogens (tertiary/aromatic N) is 1. The van der Waals surface area contributed by atoms with E-state index >= 15 is 0 Å². The van der Waals surface area contributed by atoms with Gasteiger partial charge in [-0.15, -0.1) is 0 Å². The Kier molecular flexibility index (Phi) is 5.46. The summed E-state index contributed by atoms with van der Waals surface area (Å²) in [4.78, 5) is 15.4. The highest BCUT2D eigenvalue weighted by molar-refractivity contribution is 6.01. The van der Waals surface area contributed by atoms with Crippen LogP contribution in [-0.4, -0.2) is 36.0 Å². The van der Waals surface area contributed by atoms with Crippen LogP contribution in [0, 0.1) is 5.92 Å². The van der Waals surface area contributed by atoms with E-state index in [4.69, 9.17) is 14.3 Å². The molecule has 1 atom stereocenters. The maximum absolute atomic E-state index is 13.1. The summed E-state index contributed by atoms with van der Waals surface area (Å²) in [5.41, 5.74) is 0.769. The zero-order valence-corrected chi connectivity index (χ0v) is 16.1. The van der Waals surface area contributed by atoms with E-state index < -0.39 is 0 Å². The lowest BCUT2D eigenvalue weighted by Gasteiger charge is -2.31. The third-order valence-corrected chi connectivity index (χ3v) is 5.46. The highest BCUT2D eigenvalue weighted by Gasteiger charge is 2.27. The van der Waals surface area contributed by atoms with Crippen molar-refractivity contribution in [1.82, 2.24) is 4.90 Å². The number of furan rings is 1. The van der Waals surface area contributed by atoms with Gasteiger partial charge in [0.05, 0.1) is 13.7 Å². The summed E-state index contributed by atoms with van der Waals surface area (Å²) < 4.78 is 10.9. The monoisotopic (exact) mass is 379 g/mol. The summed E-state index contributed by atoms with van der Waals surface area (Å²) in [6.07, 6.45) is 1.91. The van der Waals surface area contributed by atoms with Crippen LogP contribution in [0.5, 0.6) is 5.75 Å². The molecule has 1 aliphatic heterocycles. The van der Waals surface area contributed by atoms with Crippen LogP contribution in [0.15, 0.2) is 52.9 Å². The van der Waals surface area contributed by atoms with Gasteiger partial charge in [0.1, 0.15) is 23.9 Å². The zero-order chi connectivity index (χ0) is 19.5. The lowest BCUT2D eigenvalue weighted by molar-refractivity contribution is 0.0801. The number of methoxy groups -OCH3 is 1. The topological polar surface area (TPSA) is 62.9 Å². The third-order valence-electron chi connectivity index (χ3n) is 5.46. The van der Waals surface area contributed by atoms with E-state index in [0.29, 0.717) is 12.3 Å². The molecule has 2 heterocycles. The van der Waals surface area contributed by atoms with Crippen molar-refractivity contribution >= 4 is 16.6 Å². The Labute approximate surface area is 164 Å². The van der Waals surface area contributed by atoms with Crippen LogP contribution in [0.25, 0.3) is 10.8 Å². The SMILES string of the molecule is COc1ccc2cc(C(=O)C3CCCN(Cc4ccc(CO)o4)C3)ccc2c1. The van der Waals surface area contributed by atoms with Crippen molar-refractivity contribution in [3.05, 3.63) is 65.6 Å². The predicted molar refractivity (Wildman–Crippen MR) is 107 cm³/mol. The minimum absolute atomic E-state index is 0.00303. The van der Waals surface area contributed by atoms with Gasteiger partial charge in [-0.05, 0) is 60.5 Å². The van der Waals surface area contributed by atoms with Crippen LogP contribution < -0.4 is 4.74 Å². The van der Waals surface area contributed by atoms with Crippen molar-refractivity contribution in [3.8, 4) is 5.75 Å². The van der Waals surface area contributed by atoms with Gasteiger partial charge in [0.15, 0.2) is 5.78 Å². The van der Waals surface area contributed by atoms with Crippen LogP contribution in [0.3, 0.4) is 0 Å². The standard InChI is InChI=1S/C23H25NO4/c1-27-20-7-6-16-11-18(5-4-17(16)12-20)23(26)19-3-2-10-24(13-19)14-21-8-9-22(15-25)28-21/h4-9,11-12,19,25H,2-3,10,13-15H2,1H3. The van der Waals surface area contributed by atoms with E-state index in [-0.39, 0.29) is 18.3 Å². The highest BCUT2D eigenvalue weighted by Crippen LogP contribution is 2.26. The average Bonchev–Trinajstić information content (AvgIpc) is 3.20. The Morgan fingerprint density at radius 1 is 1.14 bits per heavy atom. The quantitative estimate of drug-likeness (QED) is 0.655. The Hall–Kier alpha value is -2.63. The summed E-state index contributed by atoms with van der Waals surface area (Å²) in [7, 11) is 1.65. The van der Waals surface area contributed by atoms with E-state index in [2.05, 4.69) is 4.90 Å². The molecule has 146 valence electrons. The van der Waals surface area contributed by atoms with Gasteiger partial charge in [0, 0.05) is 18.0 Å². The number of hydrogen-bond donors (Lipinski definition) is 1. The summed E-state index contributed by atoms with van der Waals surface area (Å²) in [5, 5.41) is 11.3. The van der Waals surface area contributed by atoms with Gasteiger partial charge in [-0.1, -0.05) is 18.2 Å². The Balaban J connectivity index is 1.46. The van der Waals surface area contributed by atoms with Crippen LogP contribution >= 0.6 is 0 Å². The number of carbonyl (C=O) groups is 1. The second kappa shape index (κ2) is 8.17. The third kappa shape index (κ3) is 3.96. The minimum Gasteiger partial charge on any atom is -0.497 e. The first-order chi connectivity index (χ1) is 13.7. The zero-order valence-electron chi connectivity index (χ0n) is 16.1. The minimum atomic E-state index is -0.0883. The van der Waals surface area contributed by atoms with Crippen molar-refractivity contribution in [2.75, 3.05) is 20.2 Å². The Morgan fingerprint density at radius 3 is 2.71 bits per heavy atom. The second-order valence-electron chi connectivity index (χ2n) is 7.39. The van der Waals surface area contributed by atoms with Crippen LogP contribution in [0.2, 0.25) is 0 Å². The first kappa shape index (κ1) is 18.7. The van der Waals surface area contributed by atoms with Gasteiger partial charge in [0.2, 0.25) is 0 Å². The number of ketones is 1. The molecule has 0 amide bonds. The largest absolute Gasteiger partial charge is 0.497 e. The maximum Gasteiger partial charge on any atom is 0.167 e. The maximum atomic E-state index is 13.1. The van der Waals surface area contributed by atoms with Crippen molar-refractivity contribution < 1.29 is 19.1 Å². The van der Waals surface area contributed by atoms with E-state index in [1.807, 2.05) is 42.5 Å². The molecule has 2 aromatic carbocycles. The fraction of sp³-hybridized carbons (Fsp3) is 0.348. The molecule has 3 aromatic rings. The van der Waals surface area contributed by atoms with Crippen molar-refractivity contribution in [3.63, 3.8) is 0 Å². The molecule has 5 heteroatoms. The molecular formula is C23H25NO4. The molecule has 0 radical (unpaired) electrons. The molecule has 5 nitrogen and oxygen atoms in total. The molecule has 4 rings (SSSR count). The fourth-order valence-electron chi connectivity index (χ4n) is 3.97. The number of fused-ring (bicyclic) bond motifs is 1. The molecule has 0 bridgehead atoms. The average molecular weight is 379 g/mol. The number of benzene rings is 2. The summed E-state index contributed by atoms with van der Waals surface area (Å²) >= 11 is 0. The summed E-state index contributed by atoms with van der Waals surface area (Å²) in [5.74, 6) is 2.43. The lowest BCUT2D eigenvalue weighted by Crippen LogP contribution is -2.38. The normalized spacial score (nSPS) is 17.7. The molecular weight excluding hydrogens is 354 g/mol. The number of hydrogen-bond acceptors (Lipinski definition) is 5. The van der Waals surface area contributed by atoms with E-state index in [9.17, 15) is 4.79 Å². The summed E-state index contributed by atoms with van der Waals surface area (Å²) in [6, 6.07) is 15.5. The van der Waals surface area contributed by atoms with E-state index in [1.54, 1.807) is 13.2 Å². The lowest BCUT2D eigenvalue weighted by atomic mass is 9.89. The number of ether oxygens (including phenoxy) is 1. The van der Waals surface area contributed by atoms with Crippen molar-refractivity contribution in [1.29, 1.82) is 0 Å². The van der Waals surface area contributed by atoms with Crippen LogP contribution in [-0.2, 0) is 13.2 Å². The smallest absolute Gasteiger partial charge is 0.167 e. The van der Waals surface area contributed by atoms with Crippen LogP contribution in [0.4, 0.5) is 0 Å². The fourth-order valence-corrected chi connectivity index (χ4v) is 3.97. The Morgan fingerprint density at radius 2 is 1.93 bits per heavy atom. The summed E-state index contributed by atoms with van der Waals surface area (Å²) in [6.45, 7) is 2.27. The van der Waals surface area contributed by atoms with E-state index in [0.717, 1.165) is 53.8 Å². The molecule has 1 saturated heterocycles. The van der Waals surface area contributed by atoms with Gasteiger partial charge in [0.25, 0.3) is 0 Å². The number of Topliss-reactive ketones (excluding diaryl/α,β-unsaturated/α-hetero) is 1. The molecule has 1 N–H and O–H groups in total. The van der Waals surface area contributed by atoms with Crippen molar-refractivity contribution in [2.24, 2.45) is 5.92 Å². The number of piperidine rings is 1.